The van der Waals surface area contributed by atoms with Crippen LogP contribution in [0.25, 0.3) is 11.4 Å². The van der Waals surface area contributed by atoms with Gasteiger partial charge in [0.1, 0.15) is 11.4 Å². The number of hydrogen-bond acceptors (Lipinski definition) is 7. The lowest BCUT2D eigenvalue weighted by Gasteiger charge is -2.16. The van der Waals surface area contributed by atoms with E-state index in [1.54, 1.807) is 27.2 Å². The van der Waals surface area contributed by atoms with E-state index in [9.17, 15) is 4.79 Å². The lowest BCUT2D eigenvalue weighted by molar-refractivity contribution is 0.0526. The molecule has 0 aliphatic carbocycles. The Balaban J connectivity index is 2.41. The van der Waals surface area contributed by atoms with Gasteiger partial charge >= 0.3 is 5.97 Å². The van der Waals surface area contributed by atoms with Gasteiger partial charge in [-0.2, -0.15) is 0 Å². The van der Waals surface area contributed by atoms with Crippen LogP contribution in [-0.2, 0) is 4.74 Å². The van der Waals surface area contributed by atoms with E-state index in [1.165, 1.54) is 6.20 Å². The van der Waals surface area contributed by atoms with Crippen LogP contribution in [0.5, 0.6) is 11.5 Å². The number of hydrogen-bond donors (Lipinski definition) is 1. The molecule has 0 aliphatic rings. The van der Waals surface area contributed by atoms with E-state index in [-0.39, 0.29) is 0 Å². The first-order valence-electron chi connectivity index (χ1n) is 9.58. The summed E-state index contributed by atoms with van der Waals surface area (Å²) in [7, 11) is 3.16. The molecule has 1 aromatic heterocycles. The molecule has 0 radical (unpaired) electrons. The smallest absolute Gasteiger partial charge is 0.343 e. The monoisotopic (exact) mass is 387 g/mol. The molecular formula is C21H29N3O4. The number of carbonyl (C=O) groups is 1. The maximum absolute atomic E-state index is 12.3. The fourth-order valence-corrected chi connectivity index (χ4v) is 2.81. The summed E-state index contributed by atoms with van der Waals surface area (Å²) >= 11 is 0. The fraction of sp³-hybridized carbons (Fsp3) is 0.476. The van der Waals surface area contributed by atoms with Gasteiger partial charge in [0.15, 0.2) is 17.3 Å². The second kappa shape index (κ2) is 10.5. The lowest BCUT2D eigenvalue weighted by Crippen LogP contribution is -2.18. The van der Waals surface area contributed by atoms with E-state index >= 15 is 0 Å². The van der Waals surface area contributed by atoms with Gasteiger partial charge in [-0.25, -0.2) is 14.8 Å². The van der Waals surface area contributed by atoms with E-state index < -0.39 is 5.97 Å². The summed E-state index contributed by atoms with van der Waals surface area (Å²) < 4.78 is 15.8. The molecule has 0 unspecified atom stereocenters. The molecule has 28 heavy (non-hydrogen) atoms. The van der Waals surface area contributed by atoms with Crippen LogP contribution in [0.2, 0.25) is 0 Å². The Morgan fingerprint density at radius 3 is 2.43 bits per heavy atom. The van der Waals surface area contributed by atoms with E-state index in [0.29, 0.717) is 41.2 Å². The standard InChI is InChI=1S/C21H29N3O4/c1-6-14(7-2)12-22-20-16(21(25)28-8-3)13-23-19(24-20)15-9-10-17(26-4)18(11-15)27-5/h9-11,13-14H,6-8,12H2,1-5H3,(H,22,23,24). The predicted octanol–water partition coefficient (Wildman–Crippen LogP) is 4.19. The van der Waals surface area contributed by atoms with Crippen molar-refractivity contribution < 1.29 is 19.0 Å². The zero-order valence-corrected chi connectivity index (χ0v) is 17.2. The molecule has 152 valence electrons. The molecule has 0 atom stereocenters. The molecule has 0 aliphatic heterocycles. The molecule has 2 aromatic rings. The summed E-state index contributed by atoms with van der Waals surface area (Å²) in [6, 6.07) is 5.46. The normalized spacial score (nSPS) is 10.6. The number of ether oxygens (including phenoxy) is 3. The molecule has 0 spiro atoms. The zero-order valence-electron chi connectivity index (χ0n) is 17.2. The number of anilines is 1. The van der Waals surface area contributed by atoms with Crippen molar-refractivity contribution in [3.05, 3.63) is 30.0 Å². The van der Waals surface area contributed by atoms with E-state index in [0.717, 1.165) is 24.9 Å². The van der Waals surface area contributed by atoms with Gasteiger partial charge in [-0.1, -0.05) is 26.7 Å². The highest BCUT2D eigenvalue weighted by Gasteiger charge is 2.18. The summed E-state index contributed by atoms with van der Waals surface area (Å²) in [6.45, 7) is 7.09. The average molecular weight is 387 g/mol. The van der Waals surface area contributed by atoms with Crippen molar-refractivity contribution in [1.82, 2.24) is 9.97 Å². The molecule has 1 heterocycles. The average Bonchev–Trinajstić information content (AvgIpc) is 2.73. The van der Waals surface area contributed by atoms with E-state index in [1.807, 2.05) is 12.1 Å². The minimum absolute atomic E-state index is 0.294. The SMILES string of the molecule is CCOC(=O)c1cnc(-c2ccc(OC)c(OC)c2)nc1NCC(CC)CC. The van der Waals surface area contributed by atoms with Crippen molar-refractivity contribution in [3.8, 4) is 22.9 Å². The second-order valence-electron chi connectivity index (χ2n) is 6.31. The van der Waals surface area contributed by atoms with Gasteiger partial charge in [0, 0.05) is 18.3 Å². The Morgan fingerprint density at radius 2 is 1.82 bits per heavy atom. The van der Waals surface area contributed by atoms with Gasteiger partial charge in [0.25, 0.3) is 0 Å². The molecule has 1 N–H and O–H groups in total. The van der Waals surface area contributed by atoms with Crippen molar-refractivity contribution in [2.24, 2.45) is 5.92 Å². The molecule has 7 heteroatoms. The summed E-state index contributed by atoms with van der Waals surface area (Å²) in [5.41, 5.74) is 1.09. The zero-order chi connectivity index (χ0) is 20.5. The largest absolute Gasteiger partial charge is 0.493 e. The Labute approximate surface area is 166 Å². The van der Waals surface area contributed by atoms with E-state index in [4.69, 9.17) is 14.2 Å². The van der Waals surface area contributed by atoms with Crippen LogP contribution in [0.15, 0.2) is 24.4 Å². The van der Waals surface area contributed by atoms with Crippen LogP contribution < -0.4 is 14.8 Å². The Hall–Kier alpha value is -2.83. The van der Waals surface area contributed by atoms with Gasteiger partial charge in [0.2, 0.25) is 0 Å². The third kappa shape index (κ3) is 5.12. The first kappa shape index (κ1) is 21.5. The molecule has 0 amide bonds. The number of methoxy groups -OCH3 is 2. The molecule has 2 rings (SSSR count). The summed E-state index contributed by atoms with van der Waals surface area (Å²) in [5, 5.41) is 3.31. The quantitative estimate of drug-likeness (QED) is 0.612. The number of nitrogens with one attached hydrogen (secondary N) is 1. The highest BCUT2D eigenvalue weighted by Crippen LogP contribution is 2.31. The second-order valence-corrected chi connectivity index (χ2v) is 6.31. The van der Waals surface area contributed by atoms with Crippen LogP contribution in [0.3, 0.4) is 0 Å². The molecule has 0 fully saturated rings. The first-order chi connectivity index (χ1) is 13.6. The molecule has 7 nitrogen and oxygen atoms in total. The third-order valence-corrected chi connectivity index (χ3v) is 4.64. The number of carbonyl (C=O) groups excluding carboxylic acids is 1. The Morgan fingerprint density at radius 1 is 1.11 bits per heavy atom. The number of rotatable bonds is 10. The number of aromatic nitrogens is 2. The van der Waals surface area contributed by atoms with Crippen molar-refractivity contribution in [2.45, 2.75) is 33.6 Å². The van der Waals surface area contributed by atoms with Crippen LogP contribution in [0.4, 0.5) is 5.82 Å². The molecule has 0 saturated heterocycles. The molecule has 1 aromatic carbocycles. The van der Waals surface area contributed by atoms with Crippen LogP contribution >= 0.6 is 0 Å². The summed E-state index contributed by atoms with van der Waals surface area (Å²) in [4.78, 5) is 21.3. The first-order valence-corrected chi connectivity index (χ1v) is 9.58. The summed E-state index contributed by atoms with van der Waals surface area (Å²) in [5.74, 6) is 2.24. The number of nitrogens with zero attached hydrogens (tertiary/aromatic N) is 2. The Kier molecular flexibility index (Phi) is 8.04. The van der Waals surface area contributed by atoms with Crippen molar-refractivity contribution in [2.75, 3.05) is 32.7 Å². The Bertz CT molecular complexity index is 791. The fourth-order valence-electron chi connectivity index (χ4n) is 2.81. The molecule has 0 bridgehead atoms. The minimum atomic E-state index is -0.437. The molecular weight excluding hydrogens is 358 g/mol. The highest BCUT2D eigenvalue weighted by atomic mass is 16.5. The van der Waals surface area contributed by atoms with Crippen LogP contribution in [0.1, 0.15) is 44.0 Å². The van der Waals surface area contributed by atoms with E-state index in [2.05, 4.69) is 29.1 Å². The number of benzene rings is 1. The van der Waals surface area contributed by atoms with Gasteiger partial charge in [-0.3, -0.25) is 0 Å². The van der Waals surface area contributed by atoms with Crippen LogP contribution in [0, 0.1) is 5.92 Å². The van der Waals surface area contributed by atoms with Gasteiger partial charge in [0.05, 0.1) is 20.8 Å². The number of esters is 1. The highest BCUT2D eigenvalue weighted by molar-refractivity contribution is 5.94. The van der Waals surface area contributed by atoms with Crippen molar-refractivity contribution in [1.29, 1.82) is 0 Å². The van der Waals surface area contributed by atoms with Gasteiger partial charge < -0.3 is 19.5 Å². The topological polar surface area (TPSA) is 82.6 Å². The van der Waals surface area contributed by atoms with Gasteiger partial charge in [-0.05, 0) is 31.0 Å². The predicted molar refractivity (Wildman–Crippen MR) is 109 cm³/mol. The van der Waals surface area contributed by atoms with Crippen LogP contribution in [-0.4, -0.2) is 43.3 Å². The lowest BCUT2D eigenvalue weighted by atomic mass is 10.0. The van der Waals surface area contributed by atoms with Crippen molar-refractivity contribution >= 4 is 11.8 Å². The maximum atomic E-state index is 12.3. The summed E-state index contributed by atoms with van der Waals surface area (Å²) in [6.07, 6.45) is 3.60. The molecule has 0 saturated carbocycles. The van der Waals surface area contributed by atoms with Crippen molar-refractivity contribution in [3.63, 3.8) is 0 Å². The third-order valence-electron chi connectivity index (χ3n) is 4.64. The minimum Gasteiger partial charge on any atom is -0.493 e. The van der Waals surface area contributed by atoms with Gasteiger partial charge in [-0.15, -0.1) is 0 Å². The maximum Gasteiger partial charge on any atom is 0.343 e.